The minimum atomic E-state index is 0.232. The zero-order valence-corrected chi connectivity index (χ0v) is 10.7. The second kappa shape index (κ2) is 8.16. The van der Waals surface area contributed by atoms with Gasteiger partial charge in [-0.3, -0.25) is 0 Å². The third-order valence-corrected chi connectivity index (χ3v) is 3.99. The van der Waals surface area contributed by atoms with Crippen LogP contribution in [0.5, 0.6) is 0 Å². The van der Waals surface area contributed by atoms with Crippen molar-refractivity contribution in [1.82, 2.24) is 5.32 Å². The van der Waals surface area contributed by atoms with Crippen molar-refractivity contribution in [3.05, 3.63) is 22.4 Å². The molecule has 0 bridgehead atoms. The maximum absolute atomic E-state index is 9.19. The van der Waals surface area contributed by atoms with Gasteiger partial charge in [-0.1, -0.05) is 13.0 Å². The lowest BCUT2D eigenvalue weighted by Crippen LogP contribution is -2.32. The molecule has 0 spiro atoms. The smallest absolute Gasteiger partial charge is 0.0585 e. The van der Waals surface area contributed by atoms with Crippen LogP contribution in [0.3, 0.4) is 0 Å². The van der Waals surface area contributed by atoms with Crippen molar-refractivity contribution in [1.29, 1.82) is 0 Å². The molecular weight excluding hydrogens is 226 g/mol. The van der Waals surface area contributed by atoms with Gasteiger partial charge in [0.2, 0.25) is 0 Å². The molecule has 0 radical (unpaired) electrons. The van der Waals surface area contributed by atoms with E-state index in [1.807, 2.05) is 11.8 Å². The average molecular weight is 245 g/mol. The quantitative estimate of drug-likeness (QED) is 0.690. The summed E-state index contributed by atoms with van der Waals surface area (Å²) in [6.45, 7) is 3.27. The first-order valence-electron chi connectivity index (χ1n) is 5.31. The fourth-order valence-electron chi connectivity index (χ4n) is 1.29. The highest BCUT2D eigenvalue weighted by Gasteiger charge is 2.06. The molecule has 1 aromatic heterocycles. The van der Waals surface area contributed by atoms with E-state index in [0.717, 1.165) is 24.5 Å². The van der Waals surface area contributed by atoms with E-state index in [-0.39, 0.29) is 12.6 Å². The normalized spacial score (nSPS) is 12.9. The molecule has 1 rings (SSSR count). The van der Waals surface area contributed by atoms with Gasteiger partial charge in [-0.2, -0.15) is 11.8 Å². The number of hydrogen-bond acceptors (Lipinski definition) is 4. The molecule has 0 amide bonds. The summed E-state index contributed by atoms with van der Waals surface area (Å²) in [5, 5.41) is 14.6. The number of hydrogen-bond donors (Lipinski definition) is 2. The molecule has 2 N–H and O–H groups in total. The van der Waals surface area contributed by atoms with Crippen molar-refractivity contribution in [3.8, 4) is 0 Å². The van der Waals surface area contributed by atoms with Crippen molar-refractivity contribution in [2.24, 2.45) is 0 Å². The molecule has 15 heavy (non-hydrogen) atoms. The lowest BCUT2D eigenvalue weighted by Gasteiger charge is -2.15. The Balaban J connectivity index is 2.16. The van der Waals surface area contributed by atoms with Crippen LogP contribution in [-0.4, -0.2) is 29.3 Å². The highest BCUT2D eigenvalue weighted by atomic mass is 32.2. The van der Waals surface area contributed by atoms with E-state index >= 15 is 0 Å². The fraction of sp³-hybridized carbons (Fsp3) is 0.636. The average Bonchev–Trinajstić information content (AvgIpc) is 2.76. The van der Waals surface area contributed by atoms with Gasteiger partial charge < -0.3 is 10.4 Å². The number of thioether (sulfide) groups is 1. The van der Waals surface area contributed by atoms with Crippen LogP contribution in [0.25, 0.3) is 0 Å². The summed E-state index contributed by atoms with van der Waals surface area (Å²) in [5.41, 5.74) is 0. The van der Waals surface area contributed by atoms with Crippen molar-refractivity contribution in [2.45, 2.75) is 25.9 Å². The Morgan fingerprint density at radius 2 is 2.47 bits per heavy atom. The Morgan fingerprint density at radius 1 is 1.60 bits per heavy atom. The van der Waals surface area contributed by atoms with E-state index < -0.39 is 0 Å². The Labute approximate surface area is 100 Å². The number of thiophene rings is 1. The lowest BCUT2D eigenvalue weighted by atomic mass is 10.2. The minimum Gasteiger partial charge on any atom is -0.395 e. The number of nitrogens with one attached hydrogen (secondary N) is 1. The maximum Gasteiger partial charge on any atom is 0.0585 e. The molecule has 2 nitrogen and oxygen atoms in total. The maximum atomic E-state index is 9.19. The summed E-state index contributed by atoms with van der Waals surface area (Å²) in [7, 11) is 0. The highest BCUT2D eigenvalue weighted by molar-refractivity contribution is 7.99. The third kappa shape index (κ3) is 5.56. The van der Waals surface area contributed by atoms with Crippen LogP contribution >= 0.6 is 23.1 Å². The molecule has 0 aliphatic rings. The molecule has 0 fully saturated rings. The van der Waals surface area contributed by atoms with Gasteiger partial charge >= 0.3 is 0 Å². The Kier molecular flexibility index (Phi) is 7.09. The van der Waals surface area contributed by atoms with E-state index in [2.05, 4.69) is 29.8 Å². The van der Waals surface area contributed by atoms with E-state index in [1.54, 1.807) is 11.3 Å². The van der Waals surface area contributed by atoms with Crippen LogP contribution < -0.4 is 5.32 Å². The van der Waals surface area contributed by atoms with Crippen molar-refractivity contribution < 1.29 is 5.11 Å². The van der Waals surface area contributed by atoms with E-state index in [0.29, 0.717) is 0 Å². The minimum absolute atomic E-state index is 0.232. The summed E-state index contributed by atoms with van der Waals surface area (Å²) >= 11 is 3.68. The highest BCUT2D eigenvalue weighted by Crippen LogP contribution is 2.09. The van der Waals surface area contributed by atoms with Gasteiger partial charge in [0.25, 0.3) is 0 Å². The zero-order valence-electron chi connectivity index (χ0n) is 9.11. The third-order valence-electron chi connectivity index (χ3n) is 2.18. The van der Waals surface area contributed by atoms with Gasteiger partial charge in [0.05, 0.1) is 6.61 Å². The van der Waals surface area contributed by atoms with Crippen LogP contribution in [0.15, 0.2) is 17.5 Å². The Bertz CT molecular complexity index is 239. The van der Waals surface area contributed by atoms with E-state index in [1.165, 1.54) is 4.88 Å². The molecule has 1 unspecified atom stereocenters. The summed E-state index contributed by atoms with van der Waals surface area (Å²) in [6.07, 6.45) is 1.04. The van der Waals surface area contributed by atoms with E-state index in [9.17, 15) is 5.11 Å². The van der Waals surface area contributed by atoms with Gasteiger partial charge in [0.1, 0.15) is 0 Å². The Morgan fingerprint density at radius 3 is 3.07 bits per heavy atom. The van der Waals surface area contributed by atoms with Crippen molar-refractivity contribution >= 4 is 23.1 Å². The molecule has 86 valence electrons. The molecule has 0 saturated carbocycles. The SMILES string of the molecule is CCSCCC(CO)NCc1cccs1. The van der Waals surface area contributed by atoms with E-state index in [4.69, 9.17) is 0 Å². The molecule has 1 heterocycles. The second-order valence-corrected chi connectivity index (χ2v) is 5.75. The standard InChI is InChI=1S/C11H19NOS2/c1-2-14-7-5-10(9-13)12-8-11-4-3-6-15-11/h3-4,6,10,12-13H,2,5,7-9H2,1H3. The van der Waals surface area contributed by atoms with Crippen LogP contribution in [0.2, 0.25) is 0 Å². The topological polar surface area (TPSA) is 32.3 Å². The fourth-order valence-corrected chi connectivity index (χ4v) is 2.68. The monoisotopic (exact) mass is 245 g/mol. The molecular formula is C11H19NOS2. The van der Waals surface area contributed by atoms with Crippen LogP contribution in [0.4, 0.5) is 0 Å². The zero-order chi connectivity index (χ0) is 10.9. The first kappa shape index (κ1) is 13.0. The molecule has 4 heteroatoms. The van der Waals surface area contributed by atoms with Gasteiger partial charge in [-0.05, 0) is 29.4 Å². The first-order valence-corrected chi connectivity index (χ1v) is 7.34. The summed E-state index contributed by atoms with van der Waals surface area (Å²) in [6, 6.07) is 4.42. The predicted octanol–water partition coefficient (Wildman–Crippen LogP) is 2.34. The predicted molar refractivity (Wildman–Crippen MR) is 69.6 cm³/mol. The van der Waals surface area contributed by atoms with Crippen molar-refractivity contribution in [2.75, 3.05) is 18.1 Å². The molecule has 1 atom stereocenters. The number of aliphatic hydroxyl groups is 1. The second-order valence-electron chi connectivity index (χ2n) is 3.33. The molecule has 0 aliphatic carbocycles. The van der Waals surface area contributed by atoms with Gasteiger partial charge in [0, 0.05) is 17.5 Å². The molecule has 0 aromatic carbocycles. The number of rotatable bonds is 8. The Hall–Kier alpha value is -0.0300. The van der Waals surface area contributed by atoms with Crippen LogP contribution in [-0.2, 0) is 6.54 Å². The summed E-state index contributed by atoms with van der Waals surface area (Å²) in [4.78, 5) is 1.33. The van der Waals surface area contributed by atoms with Crippen LogP contribution in [0.1, 0.15) is 18.2 Å². The molecule has 0 aliphatic heterocycles. The summed E-state index contributed by atoms with van der Waals surface area (Å²) in [5.74, 6) is 2.28. The van der Waals surface area contributed by atoms with Crippen LogP contribution in [0, 0.1) is 0 Å². The largest absolute Gasteiger partial charge is 0.395 e. The van der Waals surface area contributed by atoms with Gasteiger partial charge in [-0.15, -0.1) is 11.3 Å². The summed E-state index contributed by atoms with van der Waals surface area (Å²) < 4.78 is 0. The molecule has 0 saturated heterocycles. The van der Waals surface area contributed by atoms with Gasteiger partial charge in [-0.25, -0.2) is 0 Å². The van der Waals surface area contributed by atoms with Gasteiger partial charge in [0.15, 0.2) is 0 Å². The van der Waals surface area contributed by atoms with Crippen molar-refractivity contribution in [3.63, 3.8) is 0 Å². The molecule has 1 aromatic rings. The lowest BCUT2D eigenvalue weighted by molar-refractivity contribution is 0.239. The number of aliphatic hydroxyl groups excluding tert-OH is 1. The first-order chi connectivity index (χ1) is 7.36.